The minimum absolute atomic E-state index is 0.104. The lowest BCUT2D eigenvalue weighted by Crippen LogP contribution is -2.04. The average molecular weight is 286 g/mol. The number of thioether (sulfide) groups is 1. The Morgan fingerprint density at radius 2 is 1.85 bits per heavy atom. The van der Waals surface area contributed by atoms with E-state index in [-0.39, 0.29) is 5.56 Å². The van der Waals surface area contributed by atoms with E-state index in [4.69, 9.17) is 5.26 Å². The summed E-state index contributed by atoms with van der Waals surface area (Å²) < 4.78 is 13.2. The van der Waals surface area contributed by atoms with Crippen molar-refractivity contribution in [3.8, 4) is 6.07 Å². The maximum atomic E-state index is 13.2. The van der Waals surface area contributed by atoms with Crippen molar-refractivity contribution < 1.29 is 4.39 Å². The molecule has 0 aromatic heterocycles. The summed E-state index contributed by atoms with van der Waals surface area (Å²) in [6.07, 6.45) is 0. The number of hydrogen-bond donors (Lipinski definition) is 1. The van der Waals surface area contributed by atoms with E-state index in [0.29, 0.717) is 0 Å². The van der Waals surface area contributed by atoms with Gasteiger partial charge in [0.1, 0.15) is 11.9 Å². The molecule has 0 amide bonds. The third-order valence-corrected chi connectivity index (χ3v) is 3.94. The molecule has 0 unspecified atom stereocenters. The van der Waals surface area contributed by atoms with E-state index in [1.165, 1.54) is 11.6 Å². The van der Waals surface area contributed by atoms with Crippen LogP contribution in [-0.4, -0.2) is 7.05 Å². The van der Waals surface area contributed by atoms with E-state index in [1.807, 2.05) is 13.1 Å². The highest BCUT2D eigenvalue weighted by molar-refractivity contribution is 7.98. The van der Waals surface area contributed by atoms with Gasteiger partial charge in [-0.05, 0) is 42.4 Å². The summed E-state index contributed by atoms with van der Waals surface area (Å²) in [6.45, 7) is 0.856. The van der Waals surface area contributed by atoms with Crippen LogP contribution in [0.2, 0.25) is 0 Å². The van der Waals surface area contributed by atoms with Gasteiger partial charge in [-0.15, -0.1) is 11.8 Å². The molecule has 2 rings (SSSR count). The number of rotatable bonds is 5. The normalized spacial score (nSPS) is 10.2. The van der Waals surface area contributed by atoms with Crippen LogP contribution in [0.15, 0.2) is 47.4 Å². The van der Waals surface area contributed by atoms with Crippen LogP contribution in [0.5, 0.6) is 0 Å². The Labute approximate surface area is 122 Å². The molecule has 0 aliphatic rings. The van der Waals surface area contributed by atoms with Crippen molar-refractivity contribution in [1.29, 1.82) is 5.26 Å². The van der Waals surface area contributed by atoms with Crippen LogP contribution in [0.4, 0.5) is 4.39 Å². The quantitative estimate of drug-likeness (QED) is 0.851. The molecule has 0 spiro atoms. The molecule has 0 fully saturated rings. The van der Waals surface area contributed by atoms with Gasteiger partial charge in [0.15, 0.2) is 0 Å². The van der Waals surface area contributed by atoms with Gasteiger partial charge in [0.25, 0.3) is 0 Å². The van der Waals surface area contributed by atoms with Crippen LogP contribution in [0.1, 0.15) is 16.7 Å². The molecule has 2 aromatic carbocycles. The predicted molar refractivity (Wildman–Crippen MR) is 79.9 cm³/mol. The van der Waals surface area contributed by atoms with E-state index in [0.717, 1.165) is 22.8 Å². The van der Waals surface area contributed by atoms with Crippen LogP contribution in [0.25, 0.3) is 0 Å². The summed E-state index contributed by atoms with van der Waals surface area (Å²) in [7, 11) is 1.92. The van der Waals surface area contributed by atoms with E-state index >= 15 is 0 Å². The predicted octanol–water partition coefficient (Wildman–Crippen LogP) is 3.71. The highest BCUT2D eigenvalue weighted by Gasteiger charge is 2.03. The summed E-state index contributed by atoms with van der Waals surface area (Å²) >= 11 is 1.67. The molecule has 102 valence electrons. The van der Waals surface area contributed by atoms with Crippen LogP contribution in [0.3, 0.4) is 0 Å². The van der Waals surface area contributed by atoms with Crippen LogP contribution < -0.4 is 5.32 Å². The summed E-state index contributed by atoms with van der Waals surface area (Å²) in [5.41, 5.74) is 2.30. The minimum atomic E-state index is -0.460. The molecule has 1 N–H and O–H groups in total. The van der Waals surface area contributed by atoms with E-state index in [9.17, 15) is 4.39 Å². The Kier molecular flexibility index (Phi) is 5.16. The van der Waals surface area contributed by atoms with Gasteiger partial charge in [0, 0.05) is 17.2 Å². The third-order valence-electron chi connectivity index (χ3n) is 2.86. The number of hydrogen-bond acceptors (Lipinski definition) is 3. The lowest BCUT2D eigenvalue weighted by molar-refractivity contribution is 0.623. The lowest BCUT2D eigenvalue weighted by Gasteiger charge is -2.05. The Balaban J connectivity index is 2.00. The zero-order valence-corrected chi connectivity index (χ0v) is 12.0. The number of nitriles is 1. The molecule has 2 nitrogen and oxygen atoms in total. The van der Waals surface area contributed by atoms with Gasteiger partial charge in [0.05, 0.1) is 5.56 Å². The molecule has 0 atom stereocenters. The fourth-order valence-corrected chi connectivity index (χ4v) is 2.66. The minimum Gasteiger partial charge on any atom is -0.316 e. The average Bonchev–Trinajstić information content (AvgIpc) is 2.48. The van der Waals surface area contributed by atoms with Crippen molar-refractivity contribution >= 4 is 11.8 Å². The fourth-order valence-electron chi connectivity index (χ4n) is 1.82. The number of nitrogens with one attached hydrogen (secondary N) is 1. The third kappa shape index (κ3) is 3.83. The smallest absolute Gasteiger partial charge is 0.140 e. The Morgan fingerprint density at radius 1 is 1.15 bits per heavy atom. The number of halogens is 1. The molecule has 0 heterocycles. The molecule has 2 aromatic rings. The molecule has 0 saturated heterocycles. The second kappa shape index (κ2) is 7.09. The Hall–Kier alpha value is -1.83. The first-order chi connectivity index (χ1) is 9.72. The summed E-state index contributed by atoms with van der Waals surface area (Å²) in [5, 5.41) is 11.9. The highest BCUT2D eigenvalue weighted by atomic mass is 32.2. The molecule has 0 radical (unpaired) electrons. The van der Waals surface area contributed by atoms with Crippen molar-refractivity contribution in [2.75, 3.05) is 7.05 Å². The van der Waals surface area contributed by atoms with Gasteiger partial charge < -0.3 is 5.32 Å². The van der Waals surface area contributed by atoms with Crippen molar-refractivity contribution in [2.45, 2.75) is 17.2 Å². The van der Waals surface area contributed by atoms with Gasteiger partial charge in [-0.2, -0.15) is 5.26 Å². The number of benzene rings is 2. The van der Waals surface area contributed by atoms with Crippen molar-refractivity contribution in [1.82, 2.24) is 5.32 Å². The first-order valence-corrected chi connectivity index (χ1v) is 7.26. The molecule has 20 heavy (non-hydrogen) atoms. The maximum absolute atomic E-state index is 13.2. The summed E-state index contributed by atoms with van der Waals surface area (Å²) in [5.74, 6) is 0.262. The van der Waals surface area contributed by atoms with E-state index < -0.39 is 5.82 Å². The number of nitrogens with zero attached hydrogens (tertiary/aromatic N) is 1. The zero-order valence-electron chi connectivity index (χ0n) is 11.2. The van der Waals surface area contributed by atoms with E-state index in [2.05, 4.69) is 29.6 Å². The lowest BCUT2D eigenvalue weighted by atomic mass is 10.1. The largest absolute Gasteiger partial charge is 0.316 e. The first-order valence-electron chi connectivity index (χ1n) is 6.28. The van der Waals surface area contributed by atoms with Crippen LogP contribution in [-0.2, 0) is 12.3 Å². The summed E-state index contributed by atoms with van der Waals surface area (Å²) in [4.78, 5) is 1.16. The monoisotopic (exact) mass is 286 g/mol. The SMILES string of the molecule is CNCc1ccc(SCc2ccc(F)c(C#N)c2)cc1. The van der Waals surface area contributed by atoms with Crippen molar-refractivity contribution in [3.05, 3.63) is 65.0 Å². The fraction of sp³-hybridized carbons (Fsp3) is 0.188. The first kappa shape index (κ1) is 14.6. The second-order valence-corrected chi connectivity index (χ2v) is 5.44. The van der Waals surface area contributed by atoms with Gasteiger partial charge in [0.2, 0.25) is 0 Å². The molecule has 0 saturated carbocycles. The van der Waals surface area contributed by atoms with E-state index in [1.54, 1.807) is 23.9 Å². The van der Waals surface area contributed by atoms with Crippen LogP contribution >= 0.6 is 11.8 Å². The molecular weight excluding hydrogens is 271 g/mol. The Morgan fingerprint density at radius 3 is 2.50 bits per heavy atom. The zero-order chi connectivity index (χ0) is 14.4. The maximum Gasteiger partial charge on any atom is 0.140 e. The standard InChI is InChI=1S/C16H15FN2S/c1-19-10-12-2-5-15(6-3-12)20-11-13-4-7-16(17)14(8-13)9-18/h2-8,19H,10-11H2,1H3. The summed E-state index contributed by atoms with van der Waals surface area (Å²) in [6, 6.07) is 14.9. The van der Waals surface area contributed by atoms with Gasteiger partial charge in [-0.25, -0.2) is 4.39 Å². The van der Waals surface area contributed by atoms with Crippen molar-refractivity contribution in [2.24, 2.45) is 0 Å². The molecule has 0 bridgehead atoms. The van der Waals surface area contributed by atoms with Gasteiger partial charge in [-0.3, -0.25) is 0 Å². The molecule has 0 aliphatic heterocycles. The molecular formula is C16H15FN2S. The highest BCUT2D eigenvalue weighted by Crippen LogP contribution is 2.24. The van der Waals surface area contributed by atoms with Gasteiger partial charge >= 0.3 is 0 Å². The van der Waals surface area contributed by atoms with Crippen molar-refractivity contribution in [3.63, 3.8) is 0 Å². The second-order valence-electron chi connectivity index (χ2n) is 4.39. The van der Waals surface area contributed by atoms with Crippen LogP contribution in [0, 0.1) is 17.1 Å². The Bertz CT molecular complexity index is 617. The topological polar surface area (TPSA) is 35.8 Å². The molecule has 4 heteroatoms. The van der Waals surface area contributed by atoms with Gasteiger partial charge in [-0.1, -0.05) is 18.2 Å². The molecule has 0 aliphatic carbocycles.